The molecule has 1 aromatic carbocycles. The second-order valence-corrected chi connectivity index (χ2v) is 4.78. The van der Waals surface area contributed by atoms with Crippen LogP contribution in [0.4, 0.5) is 5.69 Å². The third kappa shape index (κ3) is 2.75. The van der Waals surface area contributed by atoms with E-state index in [0.29, 0.717) is 11.6 Å². The van der Waals surface area contributed by atoms with Crippen molar-refractivity contribution in [3.8, 4) is 6.07 Å². The third-order valence-electron chi connectivity index (χ3n) is 2.62. The Labute approximate surface area is 104 Å². The Bertz CT molecular complexity index is 408. The van der Waals surface area contributed by atoms with E-state index in [1.165, 1.54) is 0 Å². The lowest BCUT2D eigenvalue weighted by molar-refractivity contribution is 0.0876. The summed E-state index contributed by atoms with van der Waals surface area (Å²) in [6.45, 7) is 1.57. The molecule has 84 valence electrons. The molecule has 2 rings (SSSR count). The Hall–Kier alpha value is -1.05. The normalized spacial score (nSPS) is 20.1. The molecule has 1 saturated heterocycles. The highest BCUT2D eigenvalue weighted by molar-refractivity contribution is 9.10. The topological polar surface area (TPSA) is 45.0 Å². The van der Waals surface area contributed by atoms with Crippen molar-refractivity contribution in [3.05, 3.63) is 28.2 Å². The second-order valence-electron chi connectivity index (χ2n) is 3.86. The van der Waals surface area contributed by atoms with Crippen molar-refractivity contribution in [1.82, 2.24) is 0 Å². The standard InChI is InChI=1S/C12H13BrN2O/c13-10-3-4-12(9(6-10)7-14)15-11-2-1-5-16-8-11/h3-4,6,11,15H,1-2,5,8H2. The van der Waals surface area contributed by atoms with Gasteiger partial charge < -0.3 is 10.1 Å². The van der Waals surface area contributed by atoms with Gasteiger partial charge in [-0.15, -0.1) is 0 Å². The molecule has 16 heavy (non-hydrogen) atoms. The molecule has 0 saturated carbocycles. The Morgan fingerprint density at radius 2 is 2.38 bits per heavy atom. The van der Waals surface area contributed by atoms with Crippen LogP contribution in [0.5, 0.6) is 0 Å². The minimum absolute atomic E-state index is 0.321. The summed E-state index contributed by atoms with van der Waals surface area (Å²) in [7, 11) is 0. The van der Waals surface area contributed by atoms with Gasteiger partial charge in [0, 0.05) is 17.1 Å². The van der Waals surface area contributed by atoms with E-state index in [1.807, 2.05) is 18.2 Å². The van der Waals surface area contributed by atoms with E-state index in [0.717, 1.165) is 36.2 Å². The highest BCUT2D eigenvalue weighted by Gasteiger charge is 2.14. The fourth-order valence-electron chi connectivity index (χ4n) is 1.81. The van der Waals surface area contributed by atoms with Crippen molar-refractivity contribution < 1.29 is 4.74 Å². The minimum Gasteiger partial charge on any atom is -0.379 e. The first-order valence-electron chi connectivity index (χ1n) is 5.33. The van der Waals surface area contributed by atoms with E-state index < -0.39 is 0 Å². The van der Waals surface area contributed by atoms with Crippen molar-refractivity contribution in [2.45, 2.75) is 18.9 Å². The van der Waals surface area contributed by atoms with Gasteiger partial charge in [-0.05, 0) is 31.0 Å². The van der Waals surface area contributed by atoms with Crippen molar-refractivity contribution in [1.29, 1.82) is 5.26 Å². The summed E-state index contributed by atoms with van der Waals surface area (Å²) >= 11 is 3.36. The molecule has 0 spiro atoms. The lowest BCUT2D eigenvalue weighted by atomic mass is 10.1. The van der Waals surface area contributed by atoms with Gasteiger partial charge in [-0.1, -0.05) is 15.9 Å². The number of rotatable bonds is 2. The first-order valence-corrected chi connectivity index (χ1v) is 6.13. The van der Waals surface area contributed by atoms with Crippen LogP contribution >= 0.6 is 15.9 Å². The molecule has 4 heteroatoms. The van der Waals surface area contributed by atoms with E-state index in [-0.39, 0.29) is 0 Å². The highest BCUT2D eigenvalue weighted by Crippen LogP contribution is 2.22. The molecular formula is C12H13BrN2O. The maximum Gasteiger partial charge on any atom is 0.101 e. The third-order valence-corrected chi connectivity index (χ3v) is 3.12. The molecule has 0 aliphatic carbocycles. The van der Waals surface area contributed by atoms with Crippen LogP contribution in [0.2, 0.25) is 0 Å². The highest BCUT2D eigenvalue weighted by atomic mass is 79.9. The van der Waals surface area contributed by atoms with Crippen molar-refractivity contribution in [2.24, 2.45) is 0 Å². The molecule has 1 aliphatic heterocycles. The molecule has 1 aliphatic rings. The van der Waals surface area contributed by atoms with Crippen LogP contribution < -0.4 is 5.32 Å². The molecule has 0 amide bonds. The first-order chi connectivity index (χ1) is 7.79. The lowest BCUT2D eigenvalue weighted by Crippen LogP contribution is -2.30. The number of nitrogens with zero attached hydrogens (tertiary/aromatic N) is 1. The monoisotopic (exact) mass is 280 g/mol. The molecule has 0 bridgehead atoms. The van der Waals surface area contributed by atoms with Crippen LogP contribution in [0.1, 0.15) is 18.4 Å². The van der Waals surface area contributed by atoms with Gasteiger partial charge >= 0.3 is 0 Å². The number of benzene rings is 1. The van der Waals surface area contributed by atoms with Crippen molar-refractivity contribution >= 4 is 21.6 Å². The predicted octanol–water partition coefficient (Wildman–Crippen LogP) is 2.91. The molecular weight excluding hydrogens is 268 g/mol. The summed E-state index contributed by atoms with van der Waals surface area (Å²) in [5.41, 5.74) is 1.56. The van der Waals surface area contributed by atoms with E-state index in [4.69, 9.17) is 10.00 Å². The van der Waals surface area contributed by atoms with E-state index in [1.54, 1.807) is 0 Å². The zero-order valence-electron chi connectivity index (χ0n) is 8.87. The molecule has 1 atom stereocenters. The van der Waals surface area contributed by atoms with Crippen LogP contribution in [0.3, 0.4) is 0 Å². The van der Waals surface area contributed by atoms with Gasteiger partial charge in [-0.25, -0.2) is 0 Å². The van der Waals surface area contributed by atoms with Gasteiger partial charge in [0.05, 0.1) is 17.9 Å². The number of anilines is 1. The van der Waals surface area contributed by atoms with Gasteiger partial charge in [0.1, 0.15) is 6.07 Å². The van der Waals surface area contributed by atoms with Crippen molar-refractivity contribution in [2.75, 3.05) is 18.5 Å². The number of nitrogens with one attached hydrogen (secondary N) is 1. The fourth-order valence-corrected chi connectivity index (χ4v) is 2.17. The number of hydrogen-bond donors (Lipinski definition) is 1. The summed E-state index contributed by atoms with van der Waals surface area (Å²) in [4.78, 5) is 0. The van der Waals surface area contributed by atoms with E-state index in [9.17, 15) is 0 Å². The fraction of sp³-hybridized carbons (Fsp3) is 0.417. The summed E-state index contributed by atoms with van der Waals surface area (Å²) in [6.07, 6.45) is 2.18. The Kier molecular flexibility index (Phi) is 3.81. The molecule has 1 N–H and O–H groups in total. The smallest absolute Gasteiger partial charge is 0.101 e. The van der Waals surface area contributed by atoms with E-state index >= 15 is 0 Å². The molecule has 1 unspecified atom stereocenters. The number of halogens is 1. The molecule has 0 aromatic heterocycles. The summed E-state index contributed by atoms with van der Waals surface area (Å²) < 4.78 is 6.32. The average Bonchev–Trinajstić information content (AvgIpc) is 2.33. The van der Waals surface area contributed by atoms with Crippen LogP contribution in [0.15, 0.2) is 22.7 Å². The molecule has 3 nitrogen and oxygen atoms in total. The van der Waals surface area contributed by atoms with Gasteiger partial charge in [-0.3, -0.25) is 0 Å². The Balaban J connectivity index is 2.11. The zero-order chi connectivity index (χ0) is 11.4. The van der Waals surface area contributed by atoms with Crippen molar-refractivity contribution in [3.63, 3.8) is 0 Å². The summed E-state index contributed by atoms with van der Waals surface area (Å²) in [5.74, 6) is 0. The summed E-state index contributed by atoms with van der Waals surface area (Å²) in [5, 5.41) is 12.4. The quantitative estimate of drug-likeness (QED) is 0.906. The van der Waals surface area contributed by atoms with Gasteiger partial charge in [0.25, 0.3) is 0 Å². The van der Waals surface area contributed by atoms with Crippen LogP contribution in [-0.4, -0.2) is 19.3 Å². The Morgan fingerprint density at radius 3 is 3.06 bits per heavy atom. The maximum atomic E-state index is 9.03. The molecule has 1 fully saturated rings. The van der Waals surface area contributed by atoms with E-state index in [2.05, 4.69) is 27.3 Å². The minimum atomic E-state index is 0.321. The van der Waals surface area contributed by atoms with Crippen LogP contribution in [-0.2, 0) is 4.74 Å². The van der Waals surface area contributed by atoms with Crippen LogP contribution in [0, 0.1) is 11.3 Å². The molecule has 1 aromatic rings. The van der Waals surface area contributed by atoms with Gasteiger partial charge in [-0.2, -0.15) is 5.26 Å². The number of hydrogen-bond acceptors (Lipinski definition) is 3. The molecule has 0 radical (unpaired) electrons. The zero-order valence-corrected chi connectivity index (χ0v) is 10.5. The molecule has 1 heterocycles. The van der Waals surface area contributed by atoms with Gasteiger partial charge in [0.2, 0.25) is 0 Å². The Morgan fingerprint density at radius 1 is 1.50 bits per heavy atom. The second kappa shape index (κ2) is 5.33. The average molecular weight is 281 g/mol. The maximum absolute atomic E-state index is 9.03. The predicted molar refractivity (Wildman–Crippen MR) is 66.3 cm³/mol. The lowest BCUT2D eigenvalue weighted by Gasteiger charge is -2.24. The summed E-state index contributed by atoms with van der Waals surface area (Å²) in [6, 6.07) is 8.20. The SMILES string of the molecule is N#Cc1cc(Br)ccc1NC1CCCOC1. The largest absolute Gasteiger partial charge is 0.379 e. The first kappa shape index (κ1) is 11.4. The number of ether oxygens (including phenoxy) is 1. The van der Waals surface area contributed by atoms with Gasteiger partial charge in [0.15, 0.2) is 0 Å². The number of nitriles is 1. The van der Waals surface area contributed by atoms with Crippen LogP contribution in [0.25, 0.3) is 0 Å².